The third-order valence-corrected chi connectivity index (χ3v) is 4.04. The van der Waals surface area contributed by atoms with Gasteiger partial charge in [0.05, 0.1) is 12.2 Å². The number of hydrogen-bond acceptors (Lipinski definition) is 6. The zero-order valence-corrected chi connectivity index (χ0v) is 12.1. The van der Waals surface area contributed by atoms with Gasteiger partial charge in [0.2, 0.25) is 10.0 Å². The van der Waals surface area contributed by atoms with Gasteiger partial charge in [-0.15, -0.1) is 0 Å². The highest BCUT2D eigenvalue weighted by molar-refractivity contribution is 7.89. The molecule has 0 bridgehead atoms. The van der Waals surface area contributed by atoms with Gasteiger partial charge < -0.3 is 10.3 Å². The summed E-state index contributed by atoms with van der Waals surface area (Å²) >= 11 is 0. The number of nitrogens with two attached hydrogens (primary N) is 1. The Hall–Kier alpha value is -1.87. The highest BCUT2D eigenvalue weighted by Crippen LogP contribution is 2.16. The third kappa shape index (κ3) is 3.17. The summed E-state index contributed by atoms with van der Waals surface area (Å²) in [7, 11) is -3.72. The minimum Gasteiger partial charge on any atom is -0.381 e. The van der Waals surface area contributed by atoms with Crippen LogP contribution in [0.5, 0.6) is 0 Å². The second-order valence-corrected chi connectivity index (χ2v) is 6.13. The largest absolute Gasteiger partial charge is 0.381 e. The zero-order valence-electron chi connectivity index (χ0n) is 11.3. The summed E-state index contributed by atoms with van der Waals surface area (Å²) in [5, 5.41) is 7.68. The molecule has 2 heterocycles. The fraction of sp³-hybridized carbons (Fsp3) is 0.455. The highest BCUT2D eigenvalue weighted by Gasteiger charge is 2.21. The van der Waals surface area contributed by atoms with E-state index in [0.717, 1.165) is 6.42 Å². The Balaban J connectivity index is 2.13. The van der Waals surface area contributed by atoms with Crippen molar-refractivity contribution < 1.29 is 12.9 Å². The van der Waals surface area contributed by atoms with E-state index in [4.69, 9.17) is 10.3 Å². The summed E-state index contributed by atoms with van der Waals surface area (Å²) in [5.41, 5.74) is 6.15. The molecule has 0 aliphatic heterocycles. The van der Waals surface area contributed by atoms with Crippen LogP contribution < -0.4 is 10.5 Å². The minimum absolute atomic E-state index is 0.0118. The van der Waals surface area contributed by atoms with Crippen molar-refractivity contribution in [1.82, 2.24) is 19.7 Å². The number of nitrogens with zero attached hydrogens (tertiary/aromatic N) is 3. The third-order valence-electron chi connectivity index (χ3n) is 2.62. The second-order valence-electron chi connectivity index (χ2n) is 4.40. The number of aromatic nitrogens is 3. The van der Waals surface area contributed by atoms with Gasteiger partial charge in [-0.3, -0.25) is 4.68 Å². The van der Waals surface area contributed by atoms with Crippen LogP contribution in [0.1, 0.15) is 24.8 Å². The van der Waals surface area contributed by atoms with Gasteiger partial charge in [-0.1, -0.05) is 12.1 Å². The molecule has 0 saturated heterocycles. The summed E-state index contributed by atoms with van der Waals surface area (Å²) in [5.74, 6) is 0.608. The molecule has 0 aromatic carbocycles. The molecule has 2 aromatic heterocycles. The van der Waals surface area contributed by atoms with Crippen molar-refractivity contribution in [3.05, 3.63) is 23.7 Å². The molecular weight excluding hydrogens is 282 g/mol. The first-order valence-electron chi connectivity index (χ1n) is 6.17. The summed E-state index contributed by atoms with van der Waals surface area (Å²) in [6.07, 6.45) is 2.27. The first kappa shape index (κ1) is 14.5. The molecule has 110 valence electrons. The van der Waals surface area contributed by atoms with Gasteiger partial charge in [0.1, 0.15) is 10.7 Å². The smallest absolute Gasteiger partial charge is 0.246 e. The molecule has 0 atom stereocenters. The Morgan fingerprint density at radius 1 is 1.50 bits per heavy atom. The van der Waals surface area contributed by atoms with E-state index in [2.05, 4.69) is 15.0 Å². The lowest BCUT2D eigenvalue weighted by molar-refractivity contribution is 0.390. The fourth-order valence-electron chi connectivity index (χ4n) is 1.72. The molecule has 0 aliphatic carbocycles. The van der Waals surface area contributed by atoms with E-state index >= 15 is 0 Å². The van der Waals surface area contributed by atoms with Crippen LogP contribution in [-0.2, 0) is 23.1 Å². The quantitative estimate of drug-likeness (QED) is 0.809. The first-order valence-corrected chi connectivity index (χ1v) is 7.65. The van der Waals surface area contributed by atoms with E-state index in [-0.39, 0.29) is 17.3 Å². The van der Waals surface area contributed by atoms with Crippen molar-refractivity contribution >= 4 is 15.8 Å². The maximum atomic E-state index is 12.1. The van der Waals surface area contributed by atoms with E-state index in [1.54, 1.807) is 13.0 Å². The topological polar surface area (TPSA) is 116 Å². The molecule has 3 N–H and O–H groups in total. The van der Waals surface area contributed by atoms with Gasteiger partial charge in [0.25, 0.3) is 0 Å². The van der Waals surface area contributed by atoms with Gasteiger partial charge in [0.15, 0.2) is 5.82 Å². The van der Waals surface area contributed by atoms with Crippen LogP contribution in [0, 0.1) is 6.92 Å². The number of nitrogens with one attached hydrogen (secondary N) is 1. The predicted octanol–water partition coefficient (Wildman–Crippen LogP) is 0.650. The Morgan fingerprint density at radius 2 is 2.25 bits per heavy atom. The van der Waals surface area contributed by atoms with Crippen molar-refractivity contribution in [3.8, 4) is 0 Å². The molecule has 0 fully saturated rings. The van der Waals surface area contributed by atoms with Crippen molar-refractivity contribution in [1.29, 1.82) is 0 Å². The molecule has 20 heavy (non-hydrogen) atoms. The average Bonchev–Trinajstić information content (AvgIpc) is 2.94. The molecule has 2 aromatic rings. The molecule has 0 unspecified atom stereocenters. The van der Waals surface area contributed by atoms with Crippen LogP contribution >= 0.6 is 0 Å². The predicted molar refractivity (Wildman–Crippen MR) is 72.2 cm³/mol. The summed E-state index contributed by atoms with van der Waals surface area (Å²) in [6, 6.07) is 1.66. The van der Waals surface area contributed by atoms with Crippen LogP contribution in [0.2, 0.25) is 0 Å². The lowest BCUT2D eigenvalue weighted by atomic mass is 10.4. The van der Waals surface area contributed by atoms with E-state index in [9.17, 15) is 8.42 Å². The number of nitrogen functional groups attached to an aromatic ring is 1. The Bertz CT molecular complexity index is 689. The van der Waals surface area contributed by atoms with Crippen molar-refractivity contribution in [3.63, 3.8) is 0 Å². The Kier molecular flexibility index (Phi) is 4.09. The number of aryl methyl sites for hydroxylation is 2. The van der Waals surface area contributed by atoms with Gasteiger partial charge in [-0.2, -0.15) is 5.10 Å². The number of sulfonamides is 1. The molecule has 9 heteroatoms. The fourth-order valence-corrected chi connectivity index (χ4v) is 2.79. The van der Waals surface area contributed by atoms with Gasteiger partial charge in [-0.25, -0.2) is 13.1 Å². The zero-order chi connectivity index (χ0) is 14.8. The van der Waals surface area contributed by atoms with E-state index < -0.39 is 10.0 Å². The summed E-state index contributed by atoms with van der Waals surface area (Å²) < 4.78 is 33.1. The lowest BCUT2D eigenvalue weighted by Gasteiger charge is -2.02. The molecule has 0 saturated carbocycles. The van der Waals surface area contributed by atoms with E-state index in [0.29, 0.717) is 18.0 Å². The first-order chi connectivity index (χ1) is 9.42. The molecule has 0 aliphatic rings. The van der Waals surface area contributed by atoms with Crippen molar-refractivity contribution in [2.24, 2.45) is 0 Å². The second kappa shape index (κ2) is 5.63. The molecule has 8 nitrogen and oxygen atoms in total. The van der Waals surface area contributed by atoms with Gasteiger partial charge >= 0.3 is 0 Å². The highest BCUT2D eigenvalue weighted by atomic mass is 32.2. The van der Waals surface area contributed by atoms with Crippen LogP contribution in [0.3, 0.4) is 0 Å². The number of hydrogen-bond donors (Lipinski definition) is 2. The molecular formula is C11H17N5O3S. The van der Waals surface area contributed by atoms with Crippen LogP contribution in [0.25, 0.3) is 0 Å². The number of anilines is 1. The monoisotopic (exact) mass is 299 g/mol. The maximum Gasteiger partial charge on any atom is 0.246 e. The molecule has 0 spiro atoms. The maximum absolute atomic E-state index is 12.1. The minimum atomic E-state index is -3.72. The van der Waals surface area contributed by atoms with Crippen molar-refractivity contribution in [2.45, 2.75) is 38.3 Å². The van der Waals surface area contributed by atoms with Crippen LogP contribution in [-0.4, -0.2) is 23.4 Å². The Morgan fingerprint density at radius 3 is 2.85 bits per heavy atom. The average molecular weight is 299 g/mol. The standard InChI is InChI=1S/C11H17N5O3S/c1-3-4-16-7-10(11(12)14-16)20(17,18)13-6-9-5-8(2)19-15-9/h5,7,13H,3-4,6H2,1-2H3,(H2,12,14). The summed E-state index contributed by atoms with van der Waals surface area (Å²) in [6.45, 7) is 4.36. The van der Waals surface area contributed by atoms with Crippen LogP contribution in [0.4, 0.5) is 5.82 Å². The van der Waals surface area contributed by atoms with Crippen molar-refractivity contribution in [2.75, 3.05) is 5.73 Å². The Labute approximate surface area is 117 Å². The van der Waals surface area contributed by atoms with E-state index in [1.165, 1.54) is 10.9 Å². The number of rotatable bonds is 6. The molecule has 2 rings (SSSR count). The van der Waals surface area contributed by atoms with Gasteiger partial charge in [0, 0.05) is 18.8 Å². The normalized spacial score (nSPS) is 11.9. The lowest BCUT2D eigenvalue weighted by Crippen LogP contribution is -2.23. The SMILES string of the molecule is CCCn1cc(S(=O)(=O)NCc2cc(C)on2)c(N)n1. The molecule has 0 radical (unpaired) electrons. The van der Waals surface area contributed by atoms with Gasteiger partial charge in [-0.05, 0) is 13.3 Å². The summed E-state index contributed by atoms with van der Waals surface area (Å²) in [4.78, 5) is -0.0221. The molecule has 0 amide bonds. The van der Waals surface area contributed by atoms with Crippen LogP contribution in [0.15, 0.2) is 21.7 Å². The van der Waals surface area contributed by atoms with E-state index in [1.807, 2.05) is 6.92 Å².